The van der Waals surface area contributed by atoms with E-state index in [0.29, 0.717) is 0 Å². The van der Waals surface area contributed by atoms with Crippen LogP contribution in [0.15, 0.2) is 473 Å². The minimum Gasteiger partial charge on any atom is -0.310 e. The molecule has 0 fully saturated rings. The highest BCUT2D eigenvalue weighted by Crippen LogP contribution is 2.65. The van der Waals surface area contributed by atoms with Gasteiger partial charge in [-0.1, -0.05) is 388 Å². The van der Waals surface area contributed by atoms with Crippen molar-refractivity contribution in [3.8, 4) is 112 Å². The van der Waals surface area contributed by atoms with Crippen LogP contribution in [-0.2, 0) is 10.8 Å². The Morgan fingerprint density at radius 2 is 0.516 bits per heavy atom. The van der Waals surface area contributed by atoms with Crippen molar-refractivity contribution in [2.45, 2.75) is 10.8 Å². The second-order valence-electron chi connectivity index (χ2n) is 34.0. The molecule has 0 radical (unpaired) electrons. The average molecular weight is 1600 g/mol. The Morgan fingerprint density at radius 3 is 1.13 bits per heavy atom. The van der Waals surface area contributed by atoms with Crippen LogP contribution in [0, 0.1) is 0 Å². The number of anilines is 6. The van der Waals surface area contributed by atoms with Crippen LogP contribution in [0.4, 0.5) is 34.1 Å². The number of para-hydroxylation sites is 7. The SMILES string of the molecule is c1ccc(-c2cccc(-c3cccc(N(c4ccc5c(c4)c4cccc6c4n5-c4ccccc4C64c5ccccc5-c5cc(-c6ccc(-c7ccc(-c8cccc(N(c9ccccc9-c9ccccc9)c9cccc%10c9-n9c%11ccccc%11c%11cccc(c%119)C%109c%10ccccc%10-c%10ccccc%109)c8)cc7)cc6)ccc54)c4ccccc4-c4ccccc4)c3)c2)cc1. The van der Waals surface area contributed by atoms with E-state index in [1.807, 2.05) is 0 Å². The van der Waals surface area contributed by atoms with Gasteiger partial charge in [0.15, 0.2) is 0 Å². The van der Waals surface area contributed by atoms with E-state index >= 15 is 0 Å². The van der Waals surface area contributed by atoms with Crippen LogP contribution in [0.2, 0.25) is 0 Å². The van der Waals surface area contributed by atoms with Crippen molar-refractivity contribution in [1.29, 1.82) is 0 Å². The first kappa shape index (κ1) is 71.3. The molecule has 0 saturated heterocycles. The maximum absolute atomic E-state index is 2.60. The molecule has 0 N–H and O–H groups in total. The summed E-state index contributed by atoms with van der Waals surface area (Å²) in [6.07, 6.45) is 0. The molecule has 4 nitrogen and oxygen atoms in total. The monoisotopic (exact) mass is 1600 g/mol. The molecule has 0 bridgehead atoms. The van der Waals surface area contributed by atoms with Gasteiger partial charge in [-0.15, -0.1) is 0 Å². The highest BCUT2D eigenvalue weighted by Gasteiger charge is 2.53. The largest absolute Gasteiger partial charge is 0.310 e. The number of rotatable bonds is 13. The van der Waals surface area contributed by atoms with Gasteiger partial charge >= 0.3 is 0 Å². The molecular formula is C122H78N4. The maximum atomic E-state index is 2.60. The fourth-order valence-electron chi connectivity index (χ4n) is 22.5. The van der Waals surface area contributed by atoms with Gasteiger partial charge in [0.25, 0.3) is 0 Å². The van der Waals surface area contributed by atoms with Gasteiger partial charge in [0.05, 0.1) is 61.3 Å². The minimum atomic E-state index is -0.617. The van der Waals surface area contributed by atoms with E-state index in [9.17, 15) is 0 Å². The second-order valence-corrected chi connectivity index (χ2v) is 34.0. The van der Waals surface area contributed by atoms with E-state index < -0.39 is 10.8 Å². The molecule has 20 aromatic carbocycles. The molecule has 126 heavy (non-hydrogen) atoms. The summed E-state index contributed by atoms with van der Waals surface area (Å²) in [5.41, 5.74) is 44.1. The van der Waals surface area contributed by atoms with Gasteiger partial charge in [0.1, 0.15) is 0 Å². The standard InChI is InChI=1S/C122H78N4/c1-4-30-79(31-5-1)86-36-24-37-87(74-86)89-39-26-40-91(76-89)123(112-57-20-13-42-94(112)84-32-6-2-7-33-84)93-71-73-115-103(78-93)101-49-28-54-109-118(101)125(115)116-60-23-19-53-108(116)121(109)106-52-18-12-46-98(106)102-77-90(70-72-107(102)121)83-68-64-81(65-69-83)80-62-66-82(67-63-80)88-38-25-41-92(75-88)124(113-58-21-14-43-95(113)85-34-8-3-9-35-85)117-61-29-56-111-120(117)126-114-59-22-15-47-99(114)100-48-27-55-110(119(100)126)122(111)104-50-16-10-44-96(104)97-45-11-17-51-105(97)122/h1-78H. The Kier molecular flexibility index (Phi) is 15.9. The summed E-state index contributed by atoms with van der Waals surface area (Å²) in [6.45, 7) is 0. The van der Waals surface area contributed by atoms with Gasteiger partial charge in [-0.3, -0.25) is 0 Å². The van der Waals surface area contributed by atoms with Crippen LogP contribution in [-0.4, -0.2) is 9.13 Å². The van der Waals surface area contributed by atoms with Crippen molar-refractivity contribution in [2.75, 3.05) is 9.80 Å². The van der Waals surface area contributed by atoms with E-state index in [-0.39, 0.29) is 0 Å². The third-order valence-electron chi connectivity index (χ3n) is 27.7. The molecule has 2 spiro atoms. The van der Waals surface area contributed by atoms with Gasteiger partial charge in [-0.05, 0) is 218 Å². The number of hydrogen-bond acceptors (Lipinski definition) is 2. The third kappa shape index (κ3) is 10.4. The average Bonchev–Trinajstić information content (AvgIpc) is 1.45. The Bertz CT molecular complexity index is 8170. The molecule has 1 atom stereocenters. The zero-order valence-electron chi connectivity index (χ0n) is 68.8. The van der Waals surface area contributed by atoms with E-state index in [1.165, 1.54) is 150 Å². The van der Waals surface area contributed by atoms with Crippen LogP contribution >= 0.6 is 0 Å². The number of hydrogen-bond donors (Lipinski definition) is 0. The zero-order valence-corrected chi connectivity index (χ0v) is 68.8. The Morgan fingerprint density at radius 1 is 0.167 bits per heavy atom. The van der Waals surface area contributed by atoms with Crippen LogP contribution in [0.25, 0.3) is 155 Å². The first-order valence-electron chi connectivity index (χ1n) is 43.8. The summed E-state index contributed by atoms with van der Waals surface area (Å²) in [7, 11) is 0. The van der Waals surface area contributed by atoms with Crippen molar-refractivity contribution in [3.63, 3.8) is 0 Å². The third-order valence-corrected chi connectivity index (χ3v) is 27.7. The summed E-state index contributed by atoms with van der Waals surface area (Å²) < 4.78 is 5.17. The minimum absolute atomic E-state index is 0.612. The summed E-state index contributed by atoms with van der Waals surface area (Å²) >= 11 is 0. The van der Waals surface area contributed by atoms with Gasteiger partial charge in [-0.25, -0.2) is 0 Å². The first-order chi connectivity index (χ1) is 62.5. The molecule has 2 aromatic heterocycles. The molecule has 22 aromatic rings. The fourth-order valence-corrected chi connectivity index (χ4v) is 22.5. The smallest absolute Gasteiger partial charge is 0.0755 e. The molecule has 2 aliphatic carbocycles. The van der Waals surface area contributed by atoms with Gasteiger partial charge in [-0.2, -0.15) is 0 Å². The highest BCUT2D eigenvalue weighted by atomic mass is 15.2. The van der Waals surface area contributed by atoms with Crippen LogP contribution in [0.3, 0.4) is 0 Å². The zero-order chi connectivity index (χ0) is 82.7. The number of aromatic nitrogens is 2. The predicted molar refractivity (Wildman–Crippen MR) is 524 cm³/mol. The molecule has 4 heteroatoms. The number of fused-ring (bicyclic) bond motifs is 24. The van der Waals surface area contributed by atoms with Gasteiger partial charge < -0.3 is 18.9 Å². The summed E-state index contributed by atoms with van der Waals surface area (Å²) in [4.78, 5) is 5.02. The van der Waals surface area contributed by atoms with Crippen molar-refractivity contribution in [1.82, 2.24) is 9.13 Å². The van der Waals surface area contributed by atoms with Crippen molar-refractivity contribution in [3.05, 3.63) is 518 Å². The molecule has 586 valence electrons. The molecule has 1 unspecified atom stereocenters. The topological polar surface area (TPSA) is 16.3 Å². The highest BCUT2D eigenvalue weighted by molar-refractivity contribution is 6.16. The van der Waals surface area contributed by atoms with E-state index in [0.717, 1.165) is 84.2 Å². The lowest BCUT2D eigenvalue weighted by atomic mass is 9.65. The summed E-state index contributed by atoms with van der Waals surface area (Å²) in [6, 6.07) is 177. The summed E-state index contributed by atoms with van der Waals surface area (Å²) in [5, 5.41) is 4.91. The van der Waals surface area contributed by atoms with Crippen LogP contribution in [0.5, 0.6) is 0 Å². The quantitative estimate of drug-likeness (QED) is 0.114. The molecule has 0 saturated carbocycles. The van der Waals surface area contributed by atoms with E-state index in [1.54, 1.807) is 0 Å². The Balaban J connectivity index is 0.559. The second kappa shape index (κ2) is 28.1. The fraction of sp³-hybridized carbons (Fsp3) is 0.0164. The molecule has 2 aliphatic heterocycles. The molecular weight excluding hydrogens is 1520 g/mol. The lowest BCUT2D eigenvalue weighted by Crippen LogP contribution is -2.34. The van der Waals surface area contributed by atoms with E-state index in [2.05, 4.69) is 492 Å². The first-order valence-corrected chi connectivity index (χ1v) is 43.8. The van der Waals surface area contributed by atoms with Gasteiger partial charge in [0.2, 0.25) is 0 Å². The molecule has 4 aliphatic rings. The predicted octanol–water partition coefficient (Wildman–Crippen LogP) is 31.8. The number of nitrogens with zero attached hydrogens (tertiary/aromatic N) is 4. The van der Waals surface area contributed by atoms with E-state index in [4.69, 9.17) is 0 Å². The molecule has 4 heterocycles. The molecule has 0 amide bonds. The Hall–Kier alpha value is -16.4. The molecule has 26 rings (SSSR count). The number of benzene rings is 20. The maximum Gasteiger partial charge on any atom is 0.0755 e. The van der Waals surface area contributed by atoms with Crippen LogP contribution in [0.1, 0.15) is 44.5 Å². The van der Waals surface area contributed by atoms with Crippen molar-refractivity contribution in [2.24, 2.45) is 0 Å². The Labute approximate surface area is 731 Å². The van der Waals surface area contributed by atoms with Gasteiger partial charge in [0, 0.05) is 49.7 Å². The summed E-state index contributed by atoms with van der Waals surface area (Å²) in [5.74, 6) is 0. The van der Waals surface area contributed by atoms with Crippen LogP contribution < -0.4 is 9.80 Å². The van der Waals surface area contributed by atoms with Crippen molar-refractivity contribution < 1.29 is 0 Å². The van der Waals surface area contributed by atoms with Crippen molar-refractivity contribution >= 4 is 77.7 Å². The normalized spacial score (nSPS) is 13.8. The lowest BCUT2D eigenvalue weighted by molar-refractivity contribution is 0.748. The lowest BCUT2D eigenvalue weighted by Gasteiger charge is -2.41.